The number of rotatable bonds is 3. The average Bonchev–Trinajstić information content (AvgIpc) is 3.18. The van der Waals surface area contributed by atoms with E-state index in [1.807, 2.05) is 12.3 Å². The Morgan fingerprint density at radius 1 is 1.11 bits per heavy atom. The van der Waals surface area contributed by atoms with Crippen molar-refractivity contribution in [2.24, 2.45) is 23.3 Å². The Hall–Kier alpha value is -2.68. The number of fused-ring (bicyclic) bond motifs is 1. The lowest BCUT2D eigenvalue weighted by Gasteiger charge is -2.32. The number of aromatic nitrogens is 3. The van der Waals surface area contributed by atoms with E-state index in [1.54, 1.807) is 6.33 Å². The van der Waals surface area contributed by atoms with Gasteiger partial charge >= 0.3 is 0 Å². The van der Waals surface area contributed by atoms with Crippen LogP contribution < -0.4 is 21.7 Å². The first kappa shape index (κ1) is 19.1. The molecule has 4 heterocycles. The number of hydrogen-bond donors (Lipinski definition) is 4. The molecule has 9 heteroatoms. The van der Waals surface area contributed by atoms with Gasteiger partial charge in [-0.25, -0.2) is 9.97 Å². The van der Waals surface area contributed by atoms with Gasteiger partial charge in [0.1, 0.15) is 17.8 Å². The minimum Gasteiger partial charge on any atom is -0.369 e. The molecule has 6 N–H and O–H groups in total. The van der Waals surface area contributed by atoms with Crippen LogP contribution in [0.1, 0.15) is 25.7 Å². The summed E-state index contributed by atoms with van der Waals surface area (Å²) in [4.78, 5) is 35.5. The molecule has 9 nitrogen and oxygen atoms in total. The lowest BCUT2D eigenvalue weighted by atomic mass is 9.97. The fraction of sp³-hybridized carbons (Fsp3) is 0.556. The summed E-state index contributed by atoms with van der Waals surface area (Å²) in [5, 5.41) is 4.10. The SMILES string of the molecule is NC(=O)C1CCCN(c2ncnc3[nH]ccc23)C1.NC(=O)C1CCCNC1. The Balaban J connectivity index is 0.000000197. The van der Waals surface area contributed by atoms with Crippen molar-refractivity contribution in [1.82, 2.24) is 20.3 Å². The second kappa shape index (κ2) is 8.81. The minimum absolute atomic E-state index is 0.0808. The zero-order valence-electron chi connectivity index (χ0n) is 15.4. The molecule has 27 heavy (non-hydrogen) atoms. The Morgan fingerprint density at radius 3 is 2.56 bits per heavy atom. The van der Waals surface area contributed by atoms with E-state index < -0.39 is 0 Å². The van der Waals surface area contributed by atoms with E-state index in [9.17, 15) is 9.59 Å². The molecule has 0 radical (unpaired) electrons. The Labute approximate surface area is 157 Å². The number of hydrogen-bond acceptors (Lipinski definition) is 6. The van der Waals surface area contributed by atoms with Gasteiger partial charge in [-0.1, -0.05) is 0 Å². The van der Waals surface area contributed by atoms with Crippen molar-refractivity contribution >= 4 is 28.7 Å². The molecule has 2 amide bonds. The normalized spacial score (nSPS) is 22.7. The minimum atomic E-state index is -0.223. The summed E-state index contributed by atoms with van der Waals surface area (Å²) in [6.45, 7) is 3.35. The quantitative estimate of drug-likeness (QED) is 0.602. The fourth-order valence-electron chi connectivity index (χ4n) is 3.61. The molecule has 2 unspecified atom stereocenters. The van der Waals surface area contributed by atoms with Gasteiger partial charge in [-0.05, 0) is 38.3 Å². The Bertz CT molecular complexity index is 785. The molecule has 2 atom stereocenters. The topological polar surface area (TPSA) is 143 Å². The monoisotopic (exact) mass is 373 g/mol. The molecule has 2 aromatic heterocycles. The van der Waals surface area contributed by atoms with Crippen molar-refractivity contribution in [3.05, 3.63) is 18.6 Å². The maximum Gasteiger partial charge on any atom is 0.222 e. The van der Waals surface area contributed by atoms with Crippen molar-refractivity contribution in [2.45, 2.75) is 25.7 Å². The van der Waals surface area contributed by atoms with Crippen molar-refractivity contribution in [1.29, 1.82) is 0 Å². The van der Waals surface area contributed by atoms with Crippen molar-refractivity contribution in [3.8, 4) is 0 Å². The van der Waals surface area contributed by atoms with E-state index in [0.29, 0.717) is 6.54 Å². The lowest BCUT2D eigenvalue weighted by molar-refractivity contribution is -0.122. The number of anilines is 1. The number of primary amides is 2. The number of H-pyrrole nitrogens is 1. The molecular weight excluding hydrogens is 346 g/mol. The first-order valence-electron chi connectivity index (χ1n) is 9.38. The van der Waals surface area contributed by atoms with Gasteiger partial charge in [0.15, 0.2) is 0 Å². The standard InChI is InChI=1S/C12H15N5O.C6H12N2O/c13-10(18)8-2-1-5-17(6-8)12-9-3-4-14-11(9)15-7-16-12;7-6(9)5-2-1-3-8-4-5/h3-4,7-8H,1-2,5-6H2,(H2,13,18)(H,14,15,16);5,8H,1-4H2,(H2,7,9). The maximum atomic E-state index is 11.3. The van der Waals surface area contributed by atoms with Gasteiger partial charge in [-0.3, -0.25) is 9.59 Å². The highest BCUT2D eigenvalue weighted by atomic mass is 16.1. The van der Waals surface area contributed by atoms with Gasteiger partial charge in [0.2, 0.25) is 11.8 Å². The second-order valence-electron chi connectivity index (χ2n) is 7.07. The molecule has 2 saturated heterocycles. The van der Waals surface area contributed by atoms with Gasteiger partial charge in [0, 0.05) is 25.8 Å². The first-order chi connectivity index (χ1) is 13.1. The molecular formula is C18H27N7O2. The summed E-state index contributed by atoms with van der Waals surface area (Å²) in [6, 6.07) is 1.96. The number of nitrogens with two attached hydrogens (primary N) is 2. The molecule has 0 aliphatic carbocycles. The molecule has 2 aliphatic rings. The zero-order valence-corrected chi connectivity index (χ0v) is 15.4. The van der Waals surface area contributed by atoms with Crippen LogP contribution in [0.5, 0.6) is 0 Å². The van der Waals surface area contributed by atoms with E-state index in [4.69, 9.17) is 11.5 Å². The van der Waals surface area contributed by atoms with Crippen LogP contribution in [0.25, 0.3) is 11.0 Å². The summed E-state index contributed by atoms with van der Waals surface area (Å²) >= 11 is 0. The fourth-order valence-corrected chi connectivity index (χ4v) is 3.61. The summed E-state index contributed by atoms with van der Waals surface area (Å²) in [5.74, 6) is 0.495. The molecule has 2 aromatic rings. The van der Waals surface area contributed by atoms with Gasteiger partial charge in [-0.2, -0.15) is 0 Å². The van der Waals surface area contributed by atoms with Crippen LogP contribution >= 0.6 is 0 Å². The maximum absolute atomic E-state index is 11.3. The molecule has 0 spiro atoms. The van der Waals surface area contributed by atoms with E-state index in [2.05, 4.69) is 25.2 Å². The highest BCUT2D eigenvalue weighted by Gasteiger charge is 2.25. The van der Waals surface area contributed by atoms with Crippen LogP contribution in [0, 0.1) is 11.8 Å². The summed E-state index contributed by atoms with van der Waals surface area (Å²) < 4.78 is 0. The Morgan fingerprint density at radius 2 is 1.89 bits per heavy atom. The zero-order chi connectivity index (χ0) is 19.2. The number of carbonyl (C=O) groups is 2. The van der Waals surface area contributed by atoms with Crippen LogP contribution in [-0.4, -0.2) is 52.9 Å². The predicted octanol–water partition coefficient (Wildman–Crippen LogP) is 0.131. The van der Waals surface area contributed by atoms with Crippen LogP contribution in [0.2, 0.25) is 0 Å². The Kier molecular flexibility index (Phi) is 6.23. The third-order valence-electron chi connectivity index (χ3n) is 5.16. The summed E-state index contributed by atoms with van der Waals surface area (Å²) in [6.07, 6.45) is 7.26. The van der Waals surface area contributed by atoms with Crippen LogP contribution in [0.15, 0.2) is 18.6 Å². The highest BCUT2D eigenvalue weighted by Crippen LogP contribution is 2.26. The van der Waals surface area contributed by atoms with Gasteiger partial charge in [-0.15, -0.1) is 0 Å². The number of amides is 2. The van der Waals surface area contributed by atoms with E-state index in [-0.39, 0.29) is 23.7 Å². The van der Waals surface area contributed by atoms with Gasteiger partial charge < -0.3 is 26.7 Å². The van der Waals surface area contributed by atoms with E-state index in [1.165, 1.54) is 0 Å². The third-order valence-corrected chi connectivity index (χ3v) is 5.16. The van der Waals surface area contributed by atoms with Gasteiger partial charge in [0.25, 0.3) is 0 Å². The van der Waals surface area contributed by atoms with Crippen LogP contribution in [-0.2, 0) is 9.59 Å². The average molecular weight is 373 g/mol. The van der Waals surface area contributed by atoms with E-state index in [0.717, 1.165) is 62.2 Å². The predicted molar refractivity (Wildman–Crippen MR) is 103 cm³/mol. The van der Waals surface area contributed by atoms with Crippen molar-refractivity contribution < 1.29 is 9.59 Å². The lowest BCUT2D eigenvalue weighted by Crippen LogP contribution is -2.41. The largest absolute Gasteiger partial charge is 0.369 e. The summed E-state index contributed by atoms with van der Waals surface area (Å²) in [5.41, 5.74) is 11.3. The number of nitrogens with one attached hydrogen (secondary N) is 2. The summed E-state index contributed by atoms with van der Waals surface area (Å²) in [7, 11) is 0. The van der Waals surface area contributed by atoms with Gasteiger partial charge in [0.05, 0.1) is 17.2 Å². The second-order valence-corrected chi connectivity index (χ2v) is 7.07. The molecule has 2 aliphatic heterocycles. The molecule has 0 bridgehead atoms. The first-order valence-corrected chi connectivity index (χ1v) is 9.38. The van der Waals surface area contributed by atoms with Crippen molar-refractivity contribution in [3.63, 3.8) is 0 Å². The molecule has 146 valence electrons. The van der Waals surface area contributed by atoms with Crippen LogP contribution in [0.3, 0.4) is 0 Å². The van der Waals surface area contributed by atoms with E-state index >= 15 is 0 Å². The number of aromatic amines is 1. The molecule has 0 aromatic carbocycles. The molecule has 4 rings (SSSR count). The van der Waals surface area contributed by atoms with Crippen molar-refractivity contribution in [2.75, 3.05) is 31.1 Å². The van der Waals surface area contributed by atoms with Crippen LogP contribution in [0.4, 0.5) is 5.82 Å². The smallest absolute Gasteiger partial charge is 0.222 e. The number of piperidine rings is 2. The number of carbonyl (C=O) groups excluding carboxylic acids is 2. The highest BCUT2D eigenvalue weighted by molar-refractivity contribution is 5.87. The number of nitrogens with zero attached hydrogens (tertiary/aromatic N) is 3. The molecule has 0 saturated carbocycles. The molecule has 2 fully saturated rings. The third kappa shape index (κ3) is 4.73.